The second-order valence-corrected chi connectivity index (χ2v) is 8.96. The molecule has 0 unspecified atom stereocenters. The summed E-state index contributed by atoms with van der Waals surface area (Å²) in [5, 5.41) is 13.5. The number of halogens is 1. The van der Waals surface area contributed by atoms with Crippen LogP contribution in [-0.2, 0) is 9.53 Å². The normalized spacial score (nSPS) is 14.7. The van der Waals surface area contributed by atoms with Crippen LogP contribution in [0.15, 0.2) is 64.2 Å². The number of nitrogens with zero attached hydrogens (tertiary/aromatic N) is 4. The Bertz CT molecular complexity index is 1240. The zero-order valence-electron chi connectivity index (χ0n) is 19.2. The van der Waals surface area contributed by atoms with Crippen LogP contribution in [-0.4, -0.2) is 43.0 Å². The molecule has 7 nitrogen and oxygen atoms in total. The van der Waals surface area contributed by atoms with Gasteiger partial charge in [-0.25, -0.2) is 5.43 Å². The largest absolute Gasteiger partial charge is 0.378 e. The average molecular weight is 520 g/mol. The molecule has 3 aromatic rings. The molecule has 1 aliphatic heterocycles. The summed E-state index contributed by atoms with van der Waals surface area (Å²) in [5.74, 6) is -1.37. The standard InChI is InChI=1S/C26H26BrN5O2/c1-18-14-21(17-29-30-26(33)23(16-28)20-6-4-3-5-7-20)19(2)32(18)22-8-9-25(24(27)15-22)31-10-12-34-13-11-31/h3-9,14-15,17,23H,10-13H2,1-2H3,(H,30,33)/b29-17-/t23-/m0/s1. The highest BCUT2D eigenvalue weighted by Crippen LogP contribution is 2.31. The summed E-state index contributed by atoms with van der Waals surface area (Å²) < 4.78 is 8.65. The van der Waals surface area contributed by atoms with Crippen molar-refractivity contribution in [3.63, 3.8) is 0 Å². The second-order valence-electron chi connectivity index (χ2n) is 8.10. The summed E-state index contributed by atoms with van der Waals surface area (Å²) in [6, 6.07) is 19.4. The summed E-state index contributed by atoms with van der Waals surface area (Å²) in [6.45, 7) is 7.29. The van der Waals surface area contributed by atoms with Crippen LogP contribution in [0.3, 0.4) is 0 Å². The van der Waals surface area contributed by atoms with Crippen molar-refractivity contribution in [1.82, 2.24) is 9.99 Å². The Hall–Kier alpha value is -3.41. The van der Waals surface area contributed by atoms with E-state index in [0.717, 1.165) is 59.1 Å². The lowest BCUT2D eigenvalue weighted by Gasteiger charge is -2.30. The summed E-state index contributed by atoms with van der Waals surface area (Å²) >= 11 is 3.74. The Morgan fingerprint density at radius 2 is 1.91 bits per heavy atom. The molecule has 2 heterocycles. The monoisotopic (exact) mass is 519 g/mol. The zero-order chi connectivity index (χ0) is 24.1. The predicted octanol–water partition coefficient (Wildman–Crippen LogP) is 4.45. The Balaban J connectivity index is 1.50. The van der Waals surface area contributed by atoms with Crippen molar-refractivity contribution in [2.24, 2.45) is 5.10 Å². The molecule has 1 aromatic heterocycles. The molecule has 0 aliphatic carbocycles. The van der Waals surface area contributed by atoms with Crippen LogP contribution in [0, 0.1) is 25.2 Å². The molecule has 1 aliphatic rings. The first-order valence-corrected chi connectivity index (χ1v) is 11.9. The van der Waals surface area contributed by atoms with Gasteiger partial charge in [0.25, 0.3) is 5.91 Å². The van der Waals surface area contributed by atoms with Gasteiger partial charge in [0.05, 0.1) is 31.2 Å². The van der Waals surface area contributed by atoms with Crippen molar-refractivity contribution < 1.29 is 9.53 Å². The number of amides is 1. The van der Waals surface area contributed by atoms with Crippen molar-refractivity contribution in [3.8, 4) is 11.8 Å². The van der Waals surface area contributed by atoms with Crippen LogP contribution in [0.4, 0.5) is 5.69 Å². The smallest absolute Gasteiger partial charge is 0.261 e. The number of carbonyl (C=O) groups excluding carboxylic acids is 1. The second kappa shape index (κ2) is 10.7. The topological polar surface area (TPSA) is 82.7 Å². The number of hydrogen-bond donors (Lipinski definition) is 1. The van der Waals surface area contributed by atoms with E-state index >= 15 is 0 Å². The fraction of sp³-hybridized carbons (Fsp3) is 0.269. The van der Waals surface area contributed by atoms with E-state index < -0.39 is 11.8 Å². The van der Waals surface area contributed by atoms with E-state index in [4.69, 9.17) is 4.74 Å². The number of aryl methyl sites for hydroxylation is 1. The molecule has 0 bridgehead atoms. The number of morpholine rings is 1. The van der Waals surface area contributed by atoms with E-state index in [1.807, 2.05) is 32.0 Å². The van der Waals surface area contributed by atoms with E-state index in [0.29, 0.717) is 5.56 Å². The molecule has 1 amide bonds. The van der Waals surface area contributed by atoms with Gasteiger partial charge in [0.1, 0.15) is 0 Å². The molecular weight excluding hydrogens is 494 g/mol. The number of anilines is 1. The average Bonchev–Trinajstić information content (AvgIpc) is 3.13. The number of aromatic nitrogens is 1. The highest BCUT2D eigenvalue weighted by molar-refractivity contribution is 9.10. The Kier molecular flexibility index (Phi) is 7.46. The maximum Gasteiger partial charge on any atom is 0.261 e. The molecule has 8 heteroatoms. The van der Waals surface area contributed by atoms with Gasteiger partial charge in [-0.2, -0.15) is 10.4 Å². The van der Waals surface area contributed by atoms with E-state index in [1.165, 1.54) is 0 Å². The number of nitriles is 1. The lowest BCUT2D eigenvalue weighted by molar-refractivity contribution is -0.121. The Morgan fingerprint density at radius 3 is 2.59 bits per heavy atom. The summed E-state index contributed by atoms with van der Waals surface area (Å²) in [4.78, 5) is 14.8. The minimum Gasteiger partial charge on any atom is -0.378 e. The van der Waals surface area contributed by atoms with Gasteiger partial charge in [0, 0.05) is 40.2 Å². The lowest BCUT2D eigenvalue weighted by Crippen LogP contribution is -2.36. The van der Waals surface area contributed by atoms with Crippen LogP contribution in [0.5, 0.6) is 0 Å². The van der Waals surface area contributed by atoms with Crippen LogP contribution in [0.1, 0.15) is 28.4 Å². The molecule has 0 saturated carbocycles. The summed E-state index contributed by atoms with van der Waals surface area (Å²) in [5.41, 5.74) is 8.28. The molecule has 174 valence electrons. The fourth-order valence-electron chi connectivity index (χ4n) is 4.17. The molecule has 4 rings (SSSR count). The van der Waals surface area contributed by atoms with Crippen molar-refractivity contribution in [2.75, 3.05) is 31.2 Å². The van der Waals surface area contributed by atoms with Gasteiger partial charge in [-0.1, -0.05) is 30.3 Å². The van der Waals surface area contributed by atoms with Gasteiger partial charge in [0.2, 0.25) is 0 Å². The molecule has 2 aromatic carbocycles. The van der Waals surface area contributed by atoms with Crippen LogP contribution >= 0.6 is 15.9 Å². The summed E-state index contributed by atoms with van der Waals surface area (Å²) in [7, 11) is 0. The first-order valence-electron chi connectivity index (χ1n) is 11.1. The van der Waals surface area contributed by atoms with Crippen molar-refractivity contribution in [2.45, 2.75) is 19.8 Å². The van der Waals surface area contributed by atoms with Gasteiger partial charge in [-0.15, -0.1) is 0 Å². The molecule has 1 atom stereocenters. The van der Waals surface area contributed by atoms with Gasteiger partial charge < -0.3 is 14.2 Å². The zero-order valence-corrected chi connectivity index (χ0v) is 20.7. The minimum atomic E-state index is -0.909. The molecule has 0 radical (unpaired) electrons. The molecule has 1 saturated heterocycles. The minimum absolute atomic E-state index is 0.457. The molecule has 0 spiro atoms. The van der Waals surface area contributed by atoms with Gasteiger partial charge in [-0.05, 0) is 59.6 Å². The fourth-order valence-corrected chi connectivity index (χ4v) is 4.79. The third-order valence-corrected chi connectivity index (χ3v) is 6.55. The van der Waals surface area contributed by atoms with Gasteiger partial charge >= 0.3 is 0 Å². The van der Waals surface area contributed by atoms with E-state index in [2.05, 4.69) is 54.1 Å². The maximum atomic E-state index is 12.5. The molecule has 1 N–H and O–H groups in total. The first-order chi connectivity index (χ1) is 16.5. The molecular formula is C26H26BrN5O2. The molecule has 34 heavy (non-hydrogen) atoms. The van der Waals surface area contributed by atoms with Crippen molar-refractivity contribution in [1.29, 1.82) is 5.26 Å². The van der Waals surface area contributed by atoms with E-state index in [9.17, 15) is 10.1 Å². The SMILES string of the molecule is Cc1cc(/C=N\NC(=O)[C@@H](C#N)c2ccccc2)c(C)n1-c1ccc(N2CCOCC2)c(Br)c1. The number of rotatable bonds is 6. The number of hydrogen-bond acceptors (Lipinski definition) is 5. The summed E-state index contributed by atoms with van der Waals surface area (Å²) in [6.07, 6.45) is 1.62. The Labute approximate surface area is 207 Å². The van der Waals surface area contributed by atoms with Crippen molar-refractivity contribution >= 4 is 33.7 Å². The van der Waals surface area contributed by atoms with Crippen LogP contribution in [0.2, 0.25) is 0 Å². The number of carbonyl (C=O) groups is 1. The van der Waals surface area contributed by atoms with Crippen LogP contribution < -0.4 is 10.3 Å². The highest BCUT2D eigenvalue weighted by atomic mass is 79.9. The maximum absolute atomic E-state index is 12.5. The van der Waals surface area contributed by atoms with E-state index in [-0.39, 0.29) is 0 Å². The number of hydrazone groups is 1. The molecule has 1 fully saturated rings. The highest BCUT2D eigenvalue weighted by Gasteiger charge is 2.20. The van der Waals surface area contributed by atoms with Crippen LogP contribution in [0.25, 0.3) is 5.69 Å². The lowest BCUT2D eigenvalue weighted by atomic mass is 10.0. The first kappa shape index (κ1) is 23.7. The van der Waals surface area contributed by atoms with Crippen molar-refractivity contribution in [3.05, 3.63) is 81.6 Å². The number of ether oxygens (including phenoxy) is 1. The van der Waals surface area contributed by atoms with E-state index in [1.54, 1.807) is 30.5 Å². The third-order valence-electron chi connectivity index (χ3n) is 5.91. The quantitative estimate of drug-likeness (QED) is 0.385. The Morgan fingerprint density at radius 1 is 1.18 bits per heavy atom. The van der Waals surface area contributed by atoms with Gasteiger partial charge in [0.15, 0.2) is 5.92 Å². The van der Waals surface area contributed by atoms with Gasteiger partial charge in [-0.3, -0.25) is 4.79 Å². The third kappa shape index (κ3) is 5.06. The number of benzene rings is 2. The number of nitrogens with one attached hydrogen (secondary N) is 1. The predicted molar refractivity (Wildman–Crippen MR) is 137 cm³/mol.